The molecule has 2 aliphatic carbocycles. The average molecular weight is 362 g/mol. The summed E-state index contributed by atoms with van der Waals surface area (Å²) in [6.07, 6.45) is 0.194. The number of ether oxygens (including phenoxy) is 2. The number of hydrogen-bond donors (Lipinski definition) is 1. The number of carbonyl (C=O) groups excluding carboxylic acids is 3. The first-order valence-corrected chi connectivity index (χ1v) is 8.74. The second-order valence-electron chi connectivity index (χ2n) is 7.32. The van der Waals surface area contributed by atoms with Gasteiger partial charge in [-0.05, 0) is 19.9 Å². The number of allylic oxidation sites excluding steroid dienone is 1. The molecule has 26 heavy (non-hydrogen) atoms. The van der Waals surface area contributed by atoms with Gasteiger partial charge in [0, 0.05) is 23.8 Å². The monoisotopic (exact) mass is 362 g/mol. The van der Waals surface area contributed by atoms with Gasteiger partial charge in [-0.1, -0.05) is 18.1 Å². The van der Waals surface area contributed by atoms with E-state index in [0.29, 0.717) is 12.0 Å². The van der Waals surface area contributed by atoms with Crippen molar-refractivity contribution in [1.29, 1.82) is 0 Å². The Balaban J connectivity index is 1.91. The van der Waals surface area contributed by atoms with Crippen LogP contribution >= 0.6 is 0 Å². The molecular formula is C19H22O7. The van der Waals surface area contributed by atoms with Crippen LogP contribution in [-0.2, 0) is 28.7 Å². The van der Waals surface area contributed by atoms with E-state index < -0.39 is 30.1 Å². The molecule has 0 amide bonds. The minimum atomic E-state index is -1.08. The van der Waals surface area contributed by atoms with E-state index in [1.807, 2.05) is 13.8 Å². The predicted octanol–water partition coefficient (Wildman–Crippen LogP) is 1.81. The number of aliphatic carboxylic acids is 1. The van der Waals surface area contributed by atoms with Gasteiger partial charge in [0.1, 0.15) is 12.2 Å². The molecule has 0 saturated carbocycles. The van der Waals surface area contributed by atoms with Crippen LogP contribution in [0, 0.1) is 17.8 Å². The molecule has 7 nitrogen and oxygen atoms in total. The Bertz CT molecular complexity index is 745. The number of esters is 2. The van der Waals surface area contributed by atoms with Gasteiger partial charge in [-0.15, -0.1) is 0 Å². The van der Waals surface area contributed by atoms with Crippen molar-refractivity contribution in [1.82, 2.24) is 0 Å². The lowest BCUT2D eigenvalue weighted by atomic mass is 9.79. The smallest absolute Gasteiger partial charge is 0.309 e. The second-order valence-corrected chi connectivity index (χ2v) is 7.32. The van der Waals surface area contributed by atoms with Crippen LogP contribution < -0.4 is 0 Å². The van der Waals surface area contributed by atoms with Crippen molar-refractivity contribution in [2.75, 3.05) is 0 Å². The summed E-state index contributed by atoms with van der Waals surface area (Å²) in [7, 11) is 0. The summed E-state index contributed by atoms with van der Waals surface area (Å²) in [5.74, 6) is -3.28. The van der Waals surface area contributed by atoms with Gasteiger partial charge in [0.05, 0.1) is 18.8 Å². The van der Waals surface area contributed by atoms with Crippen LogP contribution in [0.2, 0.25) is 0 Å². The average Bonchev–Trinajstić information content (AvgIpc) is 2.95. The molecule has 1 heterocycles. The third-order valence-corrected chi connectivity index (χ3v) is 5.56. The van der Waals surface area contributed by atoms with Crippen molar-refractivity contribution >= 4 is 23.7 Å². The summed E-state index contributed by atoms with van der Waals surface area (Å²) in [6, 6.07) is 0. The normalized spacial score (nSPS) is 33.2. The Morgan fingerprint density at radius 3 is 2.62 bits per heavy atom. The van der Waals surface area contributed by atoms with Crippen LogP contribution in [-0.4, -0.2) is 41.0 Å². The minimum Gasteiger partial charge on any atom is -0.481 e. The Hall–Kier alpha value is -2.44. The van der Waals surface area contributed by atoms with Crippen molar-refractivity contribution in [3.63, 3.8) is 0 Å². The lowest BCUT2D eigenvalue weighted by molar-refractivity contribution is -0.156. The Morgan fingerprint density at radius 2 is 1.96 bits per heavy atom. The maximum atomic E-state index is 12.4. The number of ketones is 1. The SMILES string of the molecule is CC1=CC(=O)C2=C(C)CC(OC(=O)CCC(=O)O)C3C(C)C(=O)O[C@@H]3C12. The van der Waals surface area contributed by atoms with Crippen molar-refractivity contribution in [3.05, 3.63) is 22.8 Å². The molecule has 1 N–H and O–H groups in total. The molecule has 3 aliphatic rings. The molecule has 0 radical (unpaired) electrons. The number of carbonyl (C=O) groups is 4. The van der Waals surface area contributed by atoms with Crippen LogP contribution in [0.5, 0.6) is 0 Å². The number of fused-ring (bicyclic) bond motifs is 3. The van der Waals surface area contributed by atoms with Crippen LogP contribution in [0.1, 0.15) is 40.0 Å². The van der Waals surface area contributed by atoms with Gasteiger partial charge in [0.25, 0.3) is 0 Å². The summed E-state index contributed by atoms with van der Waals surface area (Å²) in [5, 5.41) is 8.73. The molecule has 7 heteroatoms. The molecule has 3 rings (SSSR count). The number of carboxylic acid groups (broad SMARTS) is 1. The highest BCUT2D eigenvalue weighted by Gasteiger charge is 2.55. The van der Waals surface area contributed by atoms with E-state index in [2.05, 4.69) is 0 Å². The Kier molecular flexibility index (Phi) is 4.73. The Labute approximate surface area is 151 Å². The second kappa shape index (κ2) is 6.70. The number of hydrogen-bond acceptors (Lipinski definition) is 6. The molecular weight excluding hydrogens is 340 g/mol. The van der Waals surface area contributed by atoms with E-state index in [1.165, 1.54) is 0 Å². The summed E-state index contributed by atoms with van der Waals surface area (Å²) in [5.41, 5.74) is 2.30. The lowest BCUT2D eigenvalue weighted by Gasteiger charge is -2.29. The molecule has 0 aromatic heterocycles. The molecule has 0 aromatic rings. The fourth-order valence-corrected chi connectivity index (χ4v) is 4.34. The zero-order valence-electron chi connectivity index (χ0n) is 15.0. The van der Waals surface area contributed by atoms with Crippen molar-refractivity contribution in [2.45, 2.75) is 52.2 Å². The number of rotatable bonds is 4. The fraction of sp³-hybridized carbons (Fsp3) is 0.579. The van der Waals surface area contributed by atoms with E-state index in [1.54, 1.807) is 13.0 Å². The van der Waals surface area contributed by atoms with Crippen molar-refractivity contribution in [2.24, 2.45) is 17.8 Å². The zero-order chi connectivity index (χ0) is 19.2. The molecule has 1 aliphatic heterocycles. The zero-order valence-corrected chi connectivity index (χ0v) is 15.0. The first-order chi connectivity index (χ1) is 12.2. The largest absolute Gasteiger partial charge is 0.481 e. The van der Waals surface area contributed by atoms with Gasteiger partial charge in [-0.3, -0.25) is 19.2 Å². The lowest BCUT2D eigenvalue weighted by Crippen LogP contribution is -2.38. The molecule has 0 aromatic carbocycles. The van der Waals surface area contributed by atoms with E-state index in [9.17, 15) is 19.2 Å². The maximum absolute atomic E-state index is 12.4. The quantitative estimate of drug-likeness (QED) is 0.760. The van der Waals surface area contributed by atoms with Gasteiger partial charge in [-0.2, -0.15) is 0 Å². The van der Waals surface area contributed by atoms with Gasteiger partial charge in [0.2, 0.25) is 0 Å². The highest BCUT2D eigenvalue weighted by Crippen LogP contribution is 2.48. The highest BCUT2D eigenvalue weighted by molar-refractivity contribution is 6.09. The summed E-state index contributed by atoms with van der Waals surface area (Å²) < 4.78 is 11.2. The van der Waals surface area contributed by atoms with Gasteiger partial charge >= 0.3 is 17.9 Å². The van der Waals surface area contributed by atoms with Gasteiger partial charge in [0.15, 0.2) is 5.78 Å². The molecule has 140 valence electrons. The third kappa shape index (κ3) is 3.06. The Morgan fingerprint density at radius 1 is 1.27 bits per heavy atom. The summed E-state index contributed by atoms with van der Waals surface area (Å²) >= 11 is 0. The van der Waals surface area contributed by atoms with Crippen molar-refractivity contribution < 1.29 is 33.8 Å². The van der Waals surface area contributed by atoms with Crippen LogP contribution in [0.25, 0.3) is 0 Å². The standard InChI is InChI=1S/C19H22O7/c1-8-6-11(20)15-9(2)7-12(25-14(23)5-4-13(21)22)17-10(3)19(24)26-18(17)16(8)15/h6,10,12,16-18H,4-5,7H2,1-3H3,(H,21,22)/t10?,12?,16?,17?,18-/m1/s1. The molecule has 5 atom stereocenters. The fourth-order valence-electron chi connectivity index (χ4n) is 4.34. The van der Waals surface area contributed by atoms with Crippen molar-refractivity contribution in [3.8, 4) is 0 Å². The molecule has 0 bridgehead atoms. The number of carboxylic acids is 1. The molecule has 0 spiro atoms. The van der Waals surface area contributed by atoms with Crippen LogP contribution in [0.15, 0.2) is 22.8 Å². The van der Waals surface area contributed by atoms with Crippen LogP contribution in [0.3, 0.4) is 0 Å². The van der Waals surface area contributed by atoms with Gasteiger partial charge < -0.3 is 14.6 Å². The maximum Gasteiger partial charge on any atom is 0.309 e. The first-order valence-electron chi connectivity index (χ1n) is 8.74. The topological polar surface area (TPSA) is 107 Å². The predicted molar refractivity (Wildman–Crippen MR) is 88.9 cm³/mol. The molecule has 1 fully saturated rings. The van der Waals surface area contributed by atoms with E-state index in [-0.39, 0.29) is 36.4 Å². The first kappa shape index (κ1) is 18.4. The van der Waals surface area contributed by atoms with E-state index >= 15 is 0 Å². The van der Waals surface area contributed by atoms with Crippen LogP contribution in [0.4, 0.5) is 0 Å². The highest BCUT2D eigenvalue weighted by atomic mass is 16.6. The minimum absolute atomic E-state index is 0.0859. The van der Waals surface area contributed by atoms with E-state index in [0.717, 1.165) is 11.1 Å². The summed E-state index contributed by atoms with van der Waals surface area (Å²) in [6.45, 7) is 5.41. The van der Waals surface area contributed by atoms with E-state index in [4.69, 9.17) is 14.6 Å². The molecule has 1 saturated heterocycles. The third-order valence-electron chi connectivity index (χ3n) is 5.56. The van der Waals surface area contributed by atoms with Gasteiger partial charge in [-0.25, -0.2) is 0 Å². The summed E-state index contributed by atoms with van der Waals surface area (Å²) in [4.78, 5) is 47.3. The molecule has 4 unspecified atom stereocenters.